The molecule has 2 aromatic heterocycles. The molecule has 8 heteroatoms. The van der Waals surface area contributed by atoms with Gasteiger partial charge in [-0.2, -0.15) is 0 Å². The van der Waals surface area contributed by atoms with E-state index in [2.05, 4.69) is 14.7 Å². The van der Waals surface area contributed by atoms with Gasteiger partial charge in [-0.05, 0) is 25.0 Å². The monoisotopic (exact) mass is 296 g/mol. The third-order valence-corrected chi connectivity index (χ3v) is 5.12. The van der Waals surface area contributed by atoms with Crippen LogP contribution in [0.1, 0.15) is 24.5 Å². The fraction of sp³-hybridized carbons (Fsp3) is 0.273. The van der Waals surface area contributed by atoms with E-state index >= 15 is 0 Å². The Bertz CT molecular complexity index is 707. The molecule has 3 N–H and O–H groups in total. The maximum Gasteiger partial charge on any atom is 0.267 e. The lowest BCUT2D eigenvalue weighted by molar-refractivity contribution is 0.601. The number of pyridine rings is 1. The average Bonchev–Trinajstić information content (AvgIpc) is 3.11. The molecule has 2 heterocycles. The van der Waals surface area contributed by atoms with Gasteiger partial charge >= 0.3 is 0 Å². The largest absolute Gasteiger partial charge is 0.383 e. The molecule has 0 bridgehead atoms. The number of aromatic nitrogens is 2. The van der Waals surface area contributed by atoms with Gasteiger partial charge in [0.15, 0.2) is 5.13 Å². The minimum Gasteiger partial charge on any atom is -0.383 e. The van der Waals surface area contributed by atoms with Gasteiger partial charge in [-0.3, -0.25) is 4.72 Å². The fourth-order valence-corrected chi connectivity index (χ4v) is 3.83. The predicted octanol–water partition coefficient (Wildman–Crippen LogP) is 1.80. The Morgan fingerprint density at radius 3 is 2.89 bits per heavy atom. The summed E-state index contributed by atoms with van der Waals surface area (Å²) < 4.78 is 26.7. The molecule has 100 valence electrons. The number of nitrogens with two attached hydrogens (primary N) is 1. The van der Waals surface area contributed by atoms with E-state index in [0.29, 0.717) is 11.0 Å². The molecule has 0 aliphatic heterocycles. The predicted molar refractivity (Wildman–Crippen MR) is 73.5 cm³/mol. The van der Waals surface area contributed by atoms with Crippen molar-refractivity contribution in [1.29, 1.82) is 0 Å². The van der Waals surface area contributed by atoms with Gasteiger partial charge in [0.05, 0.1) is 5.69 Å². The number of nitrogens with zero attached hydrogens (tertiary/aromatic N) is 2. The van der Waals surface area contributed by atoms with Crippen molar-refractivity contribution in [3.8, 4) is 0 Å². The van der Waals surface area contributed by atoms with Crippen molar-refractivity contribution in [2.75, 3.05) is 10.5 Å². The molecular weight excluding hydrogens is 284 g/mol. The van der Waals surface area contributed by atoms with Crippen LogP contribution in [0.25, 0.3) is 0 Å². The molecule has 0 unspecified atom stereocenters. The Kier molecular flexibility index (Phi) is 2.90. The molecular formula is C11H12N4O2S2. The third kappa shape index (κ3) is 2.54. The van der Waals surface area contributed by atoms with Crippen LogP contribution in [0.5, 0.6) is 0 Å². The lowest BCUT2D eigenvalue weighted by Crippen LogP contribution is -2.15. The Morgan fingerprint density at radius 1 is 1.42 bits per heavy atom. The summed E-state index contributed by atoms with van der Waals surface area (Å²) in [7, 11) is -3.73. The third-order valence-electron chi connectivity index (χ3n) is 2.83. The summed E-state index contributed by atoms with van der Waals surface area (Å²) in [6, 6.07) is 2.95. The maximum absolute atomic E-state index is 12.2. The summed E-state index contributed by atoms with van der Waals surface area (Å²) in [4.78, 5) is 8.02. The number of hydrogen-bond acceptors (Lipinski definition) is 6. The summed E-state index contributed by atoms with van der Waals surface area (Å²) in [5.41, 5.74) is 6.54. The SMILES string of the molecule is Nc1ncccc1S(=O)(=O)Nc1nc(C2CC2)cs1. The van der Waals surface area contributed by atoms with Crippen LogP contribution >= 0.6 is 11.3 Å². The molecule has 0 amide bonds. The zero-order valence-corrected chi connectivity index (χ0v) is 11.5. The minimum atomic E-state index is -3.73. The summed E-state index contributed by atoms with van der Waals surface area (Å²) in [5, 5.41) is 2.26. The molecule has 0 radical (unpaired) electrons. The van der Waals surface area contributed by atoms with E-state index in [0.717, 1.165) is 18.5 Å². The first-order valence-corrected chi connectivity index (χ1v) is 8.11. The molecule has 0 saturated heterocycles. The highest BCUT2D eigenvalue weighted by Gasteiger charge is 2.27. The van der Waals surface area contributed by atoms with E-state index in [9.17, 15) is 8.42 Å². The second kappa shape index (κ2) is 4.46. The lowest BCUT2D eigenvalue weighted by atomic mass is 10.3. The smallest absolute Gasteiger partial charge is 0.267 e. The summed E-state index contributed by atoms with van der Waals surface area (Å²) >= 11 is 1.28. The van der Waals surface area contributed by atoms with Gasteiger partial charge in [-0.15, -0.1) is 11.3 Å². The number of rotatable bonds is 4. The highest BCUT2D eigenvalue weighted by Crippen LogP contribution is 2.41. The second-order valence-electron chi connectivity index (χ2n) is 4.34. The molecule has 19 heavy (non-hydrogen) atoms. The summed E-state index contributed by atoms with van der Waals surface area (Å²) in [6.07, 6.45) is 3.71. The van der Waals surface area contributed by atoms with Crippen molar-refractivity contribution in [1.82, 2.24) is 9.97 Å². The first-order chi connectivity index (χ1) is 9.06. The zero-order valence-electron chi connectivity index (χ0n) is 9.91. The molecule has 1 aliphatic carbocycles. The van der Waals surface area contributed by atoms with Crippen LogP contribution in [0.4, 0.5) is 10.9 Å². The molecule has 1 aliphatic rings. The van der Waals surface area contributed by atoms with Crippen LogP contribution in [0, 0.1) is 0 Å². The van der Waals surface area contributed by atoms with Crippen molar-refractivity contribution in [3.05, 3.63) is 29.4 Å². The molecule has 0 atom stereocenters. The first-order valence-electron chi connectivity index (χ1n) is 5.75. The molecule has 0 aromatic carbocycles. The molecule has 1 saturated carbocycles. The molecule has 2 aromatic rings. The summed E-state index contributed by atoms with van der Waals surface area (Å²) in [6.45, 7) is 0. The van der Waals surface area contributed by atoms with Gasteiger partial charge in [0.25, 0.3) is 10.0 Å². The van der Waals surface area contributed by atoms with Gasteiger partial charge in [0, 0.05) is 17.5 Å². The molecule has 1 fully saturated rings. The van der Waals surface area contributed by atoms with E-state index < -0.39 is 10.0 Å². The highest BCUT2D eigenvalue weighted by molar-refractivity contribution is 7.93. The van der Waals surface area contributed by atoms with Crippen molar-refractivity contribution in [3.63, 3.8) is 0 Å². The van der Waals surface area contributed by atoms with Crippen LogP contribution in [0.2, 0.25) is 0 Å². The van der Waals surface area contributed by atoms with E-state index in [1.54, 1.807) is 0 Å². The summed E-state index contributed by atoms with van der Waals surface area (Å²) in [5.74, 6) is 0.479. The van der Waals surface area contributed by atoms with Crippen LogP contribution in [-0.2, 0) is 10.0 Å². The van der Waals surface area contributed by atoms with Gasteiger partial charge < -0.3 is 5.73 Å². The lowest BCUT2D eigenvalue weighted by Gasteiger charge is -2.06. The number of thiazole rings is 1. The second-order valence-corrected chi connectivity index (χ2v) is 6.85. The van der Waals surface area contributed by atoms with Crippen LogP contribution < -0.4 is 10.5 Å². The number of nitrogens with one attached hydrogen (secondary N) is 1. The van der Waals surface area contributed by atoms with Gasteiger partial charge in [0.2, 0.25) is 0 Å². The maximum atomic E-state index is 12.2. The van der Waals surface area contributed by atoms with Crippen molar-refractivity contribution >= 4 is 32.3 Å². The van der Waals surface area contributed by atoms with Crippen molar-refractivity contribution in [2.45, 2.75) is 23.7 Å². The van der Waals surface area contributed by atoms with E-state index in [-0.39, 0.29) is 10.7 Å². The Balaban J connectivity index is 1.86. The van der Waals surface area contributed by atoms with Crippen molar-refractivity contribution < 1.29 is 8.42 Å². The van der Waals surface area contributed by atoms with E-state index in [4.69, 9.17) is 5.73 Å². The molecule has 0 spiro atoms. The first kappa shape index (κ1) is 12.4. The number of hydrogen-bond donors (Lipinski definition) is 2. The normalized spacial score (nSPS) is 15.4. The van der Waals surface area contributed by atoms with Crippen molar-refractivity contribution in [2.24, 2.45) is 0 Å². The van der Waals surface area contributed by atoms with Crippen LogP contribution in [-0.4, -0.2) is 18.4 Å². The number of nitrogen functional groups attached to an aromatic ring is 1. The average molecular weight is 296 g/mol. The quantitative estimate of drug-likeness (QED) is 0.896. The minimum absolute atomic E-state index is 0.0195. The Morgan fingerprint density at radius 2 is 2.21 bits per heavy atom. The highest BCUT2D eigenvalue weighted by atomic mass is 32.2. The standard InChI is InChI=1S/C11H12N4O2S2/c12-10-9(2-1-5-13-10)19(16,17)15-11-14-8(6-18-11)7-3-4-7/h1-2,5-7H,3-4H2,(H2,12,13)(H,14,15). The Labute approximate surface area is 114 Å². The Hall–Kier alpha value is -1.67. The van der Waals surface area contributed by atoms with Gasteiger partial charge in [0.1, 0.15) is 10.7 Å². The van der Waals surface area contributed by atoms with E-state index in [1.165, 1.54) is 29.7 Å². The number of sulfonamides is 1. The van der Waals surface area contributed by atoms with Crippen LogP contribution in [0.3, 0.4) is 0 Å². The molecule has 3 rings (SSSR count). The van der Waals surface area contributed by atoms with Crippen LogP contribution in [0.15, 0.2) is 28.6 Å². The number of anilines is 2. The topological polar surface area (TPSA) is 98.0 Å². The van der Waals surface area contributed by atoms with E-state index in [1.807, 2.05) is 5.38 Å². The van der Waals surface area contributed by atoms with Gasteiger partial charge in [-0.25, -0.2) is 18.4 Å². The van der Waals surface area contributed by atoms with Gasteiger partial charge in [-0.1, -0.05) is 0 Å². The molecule has 6 nitrogen and oxygen atoms in total. The zero-order chi connectivity index (χ0) is 13.5. The fourth-order valence-electron chi connectivity index (χ4n) is 1.70.